The molecule has 1 saturated heterocycles. The highest BCUT2D eigenvalue weighted by Gasteiger charge is 2.29. The molecule has 2 aliphatic rings. The van der Waals surface area contributed by atoms with Gasteiger partial charge in [-0.25, -0.2) is 14.8 Å². The number of aromatic nitrogens is 4. The number of nitrogens with zero attached hydrogens (tertiary/aromatic N) is 6. The summed E-state index contributed by atoms with van der Waals surface area (Å²) >= 11 is 0. The fraction of sp³-hybridized carbons (Fsp3) is 0.500. The summed E-state index contributed by atoms with van der Waals surface area (Å²) in [7, 11) is 0. The fourth-order valence-corrected chi connectivity index (χ4v) is 3.42. The SMILES string of the molecule is O=C(n1ccnc1)n1cnc(C2CCN=C3CCCCCN32)c1. The van der Waals surface area contributed by atoms with Gasteiger partial charge in [-0.1, -0.05) is 6.42 Å². The van der Waals surface area contributed by atoms with Gasteiger partial charge in [-0.2, -0.15) is 0 Å². The Morgan fingerprint density at radius 3 is 3.00 bits per heavy atom. The second-order valence-corrected chi connectivity index (χ2v) is 6.06. The van der Waals surface area contributed by atoms with Crippen LogP contribution in [0.2, 0.25) is 0 Å². The molecular formula is C16H20N6O. The van der Waals surface area contributed by atoms with E-state index in [2.05, 4.69) is 14.9 Å². The van der Waals surface area contributed by atoms with Crippen LogP contribution >= 0.6 is 0 Å². The molecule has 0 saturated carbocycles. The van der Waals surface area contributed by atoms with E-state index in [1.807, 2.05) is 6.20 Å². The van der Waals surface area contributed by atoms with E-state index in [0.717, 1.165) is 31.6 Å². The number of carbonyl (C=O) groups is 1. The molecule has 0 spiro atoms. The summed E-state index contributed by atoms with van der Waals surface area (Å²) in [6, 6.07) is 0.0688. The summed E-state index contributed by atoms with van der Waals surface area (Å²) in [4.78, 5) is 27.9. The first-order valence-corrected chi connectivity index (χ1v) is 8.19. The summed E-state index contributed by atoms with van der Waals surface area (Å²) in [6.45, 7) is 1.88. The lowest BCUT2D eigenvalue weighted by Gasteiger charge is -2.35. The van der Waals surface area contributed by atoms with Crippen molar-refractivity contribution in [2.45, 2.75) is 38.1 Å². The van der Waals surface area contributed by atoms with Gasteiger partial charge in [-0.3, -0.25) is 14.1 Å². The van der Waals surface area contributed by atoms with Crippen molar-refractivity contribution in [2.24, 2.45) is 4.99 Å². The Morgan fingerprint density at radius 2 is 2.13 bits per heavy atom. The molecule has 2 aromatic rings. The van der Waals surface area contributed by atoms with Crippen LogP contribution in [0.3, 0.4) is 0 Å². The minimum atomic E-state index is -0.165. The quantitative estimate of drug-likeness (QED) is 0.810. The number of hydrogen-bond donors (Lipinski definition) is 0. The molecule has 4 heterocycles. The predicted molar refractivity (Wildman–Crippen MR) is 85.5 cm³/mol. The standard InChI is InChI=1S/C16H20N6O/c23-16(20-9-7-17-11-20)21-10-13(19-12-21)14-5-6-18-15-4-2-1-3-8-22(14)15/h7,9-12,14H,1-6,8H2. The molecule has 0 N–H and O–H groups in total. The fourth-order valence-electron chi connectivity index (χ4n) is 3.42. The third-order valence-corrected chi connectivity index (χ3v) is 4.59. The molecule has 1 fully saturated rings. The van der Waals surface area contributed by atoms with E-state index >= 15 is 0 Å². The van der Waals surface area contributed by atoms with Crippen LogP contribution in [0.25, 0.3) is 0 Å². The Bertz CT molecular complexity index is 717. The van der Waals surface area contributed by atoms with E-state index in [0.29, 0.717) is 0 Å². The van der Waals surface area contributed by atoms with E-state index in [1.54, 1.807) is 18.7 Å². The first-order chi connectivity index (χ1) is 11.3. The average Bonchev–Trinajstić information content (AvgIpc) is 3.22. The normalized spacial score (nSPS) is 21.5. The van der Waals surface area contributed by atoms with E-state index in [-0.39, 0.29) is 12.1 Å². The maximum Gasteiger partial charge on any atom is 0.338 e. The Labute approximate surface area is 134 Å². The summed E-state index contributed by atoms with van der Waals surface area (Å²) in [6.07, 6.45) is 13.9. The van der Waals surface area contributed by atoms with Gasteiger partial charge < -0.3 is 4.90 Å². The number of rotatable bonds is 1. The molecule has 0 aliphatic carbocycles. The Balaban J connectivity index is 1.58. The van der Waals surface area contributed by atoms with Crippen LogP contribution in [-0.2, 0) is 0 Å². The molecule has 120 valence electrons. The largest absolute Gasteiger partial charge is 0.352 e. The second kappa shape index (κ2) is 5.98. The number of aliphatic imine (C=N–C) groups is 1. The highest BCUT2D eigenvalue weighted by atomic mass is 16.2. The molecular weight excluding hydrogens is 292 g/mol. The van der Waals surface area contributed by atoms with E-state index < -0.39 is 0 Å². The number of amidine groups is 1. The van der Waals surface area contributed by atoms with Gasteiger partial charge in [0.05, 0.1) is 17.6 Å². The third kappa shape index (κ3) is 2.67. The average molecular weight is 312 g/mol. The van der Waals surface area contributed by atoms with E-state index in [9.17, 15) is 4.79 Å². The Morgan fingerprint density at radius 1 is 1.17 bits per heavy atom. The first-order valence-electron chi connectivity index (χ1n) is 8.19. The minimum absolute atomic E-state index is 0.165. The van der Waals surface area contributed by atoms with Crippen LogP contribution in [-0.4, -0.2) is 49.0 Å². The summed E-state index contributed by atoms with van der Waals surface area (Å²) in [5, 5.41) is 0. The lowest BCUT2D eigenvalue weighted by molar-refractivity contribution is 0.243. The van der Waals surface area contributed by atoms with Crippen molar-refractivity contribution in [3.63, 3.8) is 0 Å². The second-order valence-electron chi connectivity index (χ2n) is 6.06. The molecule has 2 aliphatic heterocycles. The minimum Gasteiger partial charge on any atom is -0.352 e. The number of imidazole rings is 2. The van der Waals surface area contributed by atoms with Crippen molar-refractivity contribution in [1.29, 1.82) is 0 Å². The molecule has 4 rings (SSSR count). The maximum absolute atomic E-state index is 12.3. The van der Waals surface area contributed by atoms with Crippen molar-refractivity contribution in [3.8, 4) is 0 Å². The van der Waals surface area contributed by atoms with E-state index in [4.69, 9.17) is 4.99 Å². The van der Waals surface area contributed by atoms with Crippen molar-refractivity contribution in [3.05, 3.63) is 36.9 Å². The van der Waals surface area contributed by atoms with Crippen LogP contribution in [0, 0.1) is 0 Å². The molecule has 7 nitrogen and oxygen atoms in total. The molecule has 0 radical (unpaired) electrons. The first kappa shape index (κ1) is 14.2. The van der Waals surface area contributed by atoms with Gasteiger partial charge >= 0.3 is 6.03 Å². The van der Waals surface area contributed by atoms with E-state index in [1.165, 1.54) is 40.6 Å². The lowest BCUT2D eigenvalue weighted by atomic mass is 10.1. The molecule has 23 heavy (non-hydrogen) atoms. The van der Waals surface area contributed by atoms with Gasteiger partial charge in [0.1, 0.15) is 12.7 Å². The monoisotopic (exact) mass is 312 g/mol. The molecule has 0 amide bonds. The molecule has 0 aromatic carbocycles. The molecule has 1 unspecified atom stereocenters. The lowest BCUT2D eigenvalue weighted by Crippen LogP contribution is -2.38. The van der Waals surface area contributed by atoms with Crippen molar-refractivity contribution < 1.29 is 4.79 Å². The summed E-state index contributed by atoms with van der Waals surface area (Å²) in [5.41, 5.74) is 0.952. The smallest absolute Gasteiger partial charge is 0.338 e. The van der Waals surface area contributed by atoms with Crippen LogP contribution < -0.4 is 0 Å². The Kier molecular flexibility index (Phi) is 3.69. The van der Waals surface area contributed by atoms with Gasteiger partial charge in [-0.05, 0) is 19.3 Å². The third-order valence-electron chi connectivity index (χ3n) is 4.59. The summed E-state index contributed by atoms with van der Waals surface area (Å²) < 4.78 is 2.98. The van der Waals surface area contributed by atoms with Gasteiger partial charge in [0.25, 0.3) is 0 Å². The van der Waals surface area contributed by atoms with Crippen molar-refractivity contribution >= 4 is 11.9 Å². The predicted octanol–water partition coefficient (Wildman–Crippen LogP) is 2.32. The van der Waals surface area contributed by atoms with Crippen molar-refractivity contribution in [1.82, 2.24) is 24.0 Å². The van der Waals surface area contributed by atoms with Crippen LogP contribution in [0.5, 0.6) is 0 Å². The zero-order valence-corrected chi connectivity index (χ0v) is 13.0. The zero-order valence-electron chi connectivity index (χ0n) is 13.0. The highest BCUT2D eigenvalue weighted by molar-refractivity contribution is 5.83. The summed E-state index contributed by atoms with van der Waals surface area (Å²) in [5.74, 6) is 1.22. The highest BCUT2D eigenvalue weighted by Crippen LogP contribution is 2.30. The van der Waals surface area contributed by atoms with Gasteiger partial charge in [0, 0.05) is 38.1 Å². The van der Waals surface area contributed by atoms with Crippen LogP contribution in [0.1, 0.15) is 43.8 Å². The van der Waals surface area contributed by atoms with Gasteiger partial charge in [-0.15, -0.1) is 0 Å². The number of fused-ring (bicyclic) bond motifs is 1. The van der Waals surface area contributed by atoms with Gasteiger partial charge in [0.2, 0.25) is 0 Å². The molecule has 7 heteroatoms. The van der Waals surface area contributed by atoms with Crippen molar-refractivity contribution in [2.75, 3.05) is 13.1 Å². The number of carbonyl (C=O) groups excluding carboxylic acids is 1. The van der Waals surface area contributed by atoms with Gasteiger partial charge in [0.15, 0.2) is 0 Å². The van der Waals surface area contributed by atoms with Crippen LogP contribution in [0.15, 0.2) is 36.2 Å². The molecule has 2 aromatic heterocycles. The topological polar surface area (TPSA) is 68.3 Å². The zero-order chi connectivity index (χ0) is 15.6. The molecule has 0 bridgehead atoms. The van der Waals surface area contributed by atoms with Crippen LogP contribution in [0.4, 0.5) is 4.79 Å². The molecule has 1 atom stereocenters. The Hall–Kier alpha value is -2.44. The maximum atomic E-state index is 12.3. The number of hydrogen-bond acceptors (Lipinski definition) is 5.